The smallest absolute Gasteiger partial charge is 0.0621 e. The molecule has 0 aromatic rings. The lowest BCUT2D eigenvalue weighted by Crippen LogP contribution is -2.02. The topological polar surface area (TPSA) is 75.8 Å². The first-order valence-electron chi connectivity index (χ1n) is 2.12. The van der Waals surface area contributed by atoms with Gasteiger partial charge in [-0.15, -0.1) is 0 Å². The highest BCUT2D eigenvalue weighted by Crippen LogP contribution is 1.77. The molecule has 7 heavy (non-hydrogen) atoms. The lowest BCUT2D eigenvalue weighted by atomic mass is 10.4. The molecule has 0 saturated carbocycles. The van der Waals surface area contributed by atoms with E-state index >= 15 is 0 Å². The summed E-state index contributed by atoms with van der Waals surface area (Å²) < 4.78 is 0. The van der Waals surface area contributed by atoms with Crippen molar-refractivity contribution in [2.75, 3.05) is 0 Å². The van der Waals surface area contributed by atoms with Crippen LogP contribution in [0.3, 0.4) is 0 Å². The Morgan fingerprint density at radius 3 is 2.00 bits per heavy atom. The first-order valence-corrected chi connectivity index (χ1v) is 2.12. The standard InChI is InChI=1S/C4H7N.H4N2/c1-2-3-4-5;1-2/h2-3H2,1H3;1-2H2. The minimum atomic E-state index is 0.694. The van der Waals surface area contributed by atoms with Crippen LogP contribution in [0.15, 0.2) is 0 Å². The van der Waals surface area contributed by atoms with E-state index in [1.54, 1.807) is 0 Å². The van der Waals surface area contributed by atoms with Gasteiger partial charge in [0.25, 0.3) is 0 Å². The number of nitriles is 1. The van der Waals surface area contributed by atoms with Gasteiger partial charge in [0, 0.05) is 6.42 Å². The van der Waals surface area contributed by atoms with Crippen LogP contribution < -0.4 is 11.7 Å². The molecule has 0 atom stereocenters. The van der Waals surface area contributed by atoms with Crippen molar-refractivity contribution in [3.8, 4) is 6.07 Å². The van der Waals surface area contributed by atoms with Crippen molar-refractivity contribution in [2.45, 2.75) is 19.8 Å². The predicted octanol–water partition coefficient (Wildman–Crippen LogP) is 0.129. The van der Waals surface area contributed by atoms with Gasteiger partial charge in [-0.25, -0.2) is 0 Å². The summed E-state index contributed by atoms with van der Waals surface area (Å²) in [5, 5.41) is 7.82. The van der Waals surface area contributed by atoms with Crippen LogP contribution >= 0.6 is 0 Å². The molecule has 0 aliphatic rings. The Kier molecular flexibility index (Phi) is 25.0. The molecular weight excluding hydrogens is 90.1 g/mol. The van der Waals surface area contributed by atoms with Crippen LogP contribution in [0, 0.1) is 11.3 Å². The molecule has 0 unspecified atom stereocenters. The summed E-state index contributed by atoms with van der Waals surface area (Å²) in [6, 6.07) is 2.02. The van der Waals surface area contributed by atoms with E-state index in [9.17, 15) is 0 Å². The van der Waals surface area contributed by atoms with Gasteiger partial charge in [-0.2, -0.15) is 5.26 Å². The highest BCUT2D eigenvalue weighted by atomic mass is 15.0. The number of nitrogens with two attached hydrogens (primary N) is 2. The van der Waals surface area contributed by atoms with Crippen LogP contribution in [-0.4, -0.2) is 0 Å². The van der Waals surface area contributed by atoms with Gasteiger partial charge in [0.1, 0.15) is 0 Å². The largest absolute Gasteiger partial charge is 0.274 e. The third kappa shape index (κ3) is 31.6. The second kappa shape index (κ2) is 18.1. The van der Waals surface area contributed by atoms with Crippen molar-refractivity contribution in [3.05, 3.63) is 0 Å². The normalized spacial score (nSPS) is 5.43. The van der Waals surface area contributed by atoms with E-state index in [2.05, 4.69) is 11.7 Å². The van der Waals surface area contributed by atoms with Crippen LogP contribution in [0.2, 0.25) is 0 Å². The molecule has 0 aliphatic heterocycles. The quantitative estimate of drug-likeness (QED) is 0.364. The van der Waals surface area contributed by atoms with E-state index in [0.717, 1.165) is 6.42 Å². The van der Waals surface area contributed by atoms with Crippen molar-refractivity contribution in [1.29, 1.82) is 5.26 Å². The van der Waals surface area contributed by atoms with Crippen LogP contribution in [0.4, 0.5) is 0 Å². The summed E-state index contributed by atoms with van der Waals surface area (Å²) in [6.07, 6.45) is 1.68. The fourth-order valence-corrected chi connectivity index (χ4v) is 0.112. The van der Waals surface area contributed by atoms with Gasteiger partial charge in [0.05, 0.1) is 6.07 Å². The average Bonchev–Trinajstić information content (AvgIpc) is 1.75. The molecule has 0 aromatic heterocycles. The number of rotatable bonds is 1. The predicted molar refractivity (Wildman–Crippen MR) is 28.9 cm³/mol. The zero-order valence-electron chi connectivity index (χ0n) is 4.52. The zero-order valence-corrected chi connectivity index (χ0v) is 4.52. The molecule has 0 radical (unpaired) electrons. The number of hydrogen-bond acceptors (Lipinski definition) is 3. The van der Waals surface area contributed by atoms with Crippen LogP contribution in [0.25, 0.3) is 0 Å². The van der Waals surface area contributed by atoms with Crippen molar-refractivity contribution >= 4 is 0 Å². The van der Waals surface area contributed by atoms with E-state index in [1.165, 1.54) is 0 Å². The number of hydrogen-bond donors (Lipinski definition) is 2. The van der Waals surface area contributed by atoms with E-state index in [-0.39, 0.29) is 0 Å². The van der Waals surface area contributed by atoms with Gasteiger partial charge < -0.3 is 0 Å². The summed E-state index contributed by atoms with van der Waals surface area (Å²) in [6.45, 7) is 1.99. The highest BCUT2D eigenvalue weighted by molar-refractivity contribution is 4.65. The van der Waals surface area contributed by atoms with E-state index in [4.69, 9.17) is 5.26 Å². The maximum atomic E-state index is 7.82. The summed E-state index contributed by atoms with van der Waals surface area (Å²) in [7, 11) is 0. The van der Waals surface area contributed by atoms with E-state index in [0.29, 0.717) is 6.42 Å². The summed E-state index contributed by atoms with van der Waals surface area (Å²) >= 11 is 0. The molecule has 4 N–H and O–H groups in total. The molecule has 0 spiro atoms. The molecule has 0 fully saturated rings. The Morgan fingerprint density at radius 1 is 1.57 bits per heavy atom. The van der Waals surface area contributed by atoms with E-state index in [1.807, 2.05) is 13.0 Å². The molecule has 0 amide bonds. The fourth-order valence-electron chi connectivity index (χ4n) is 0.112. The molecule has 42 valence electrons. The molecule has 3 nitrogen and oxygen atoms in total. The van der Waals surface area contributed by atoms with Crippen molar-refractivity contribution in [3.63, 3.8) is 0 Å². The number of nitrogens with zero attached hydrogens (tertiary/aromatic N) is 1. The lowest BCUT2D eigenvalue weighted by molar-refractivity contribution is 0.969. The Morgan fingerprint density at radius 2 is 2.00 bits per heavy atom. The van der Waals surface area contributed by atoms with Gasteiger partial charge in [-0.3, -0.25) is 11.7 Å². The third-order valence-electron chi connectivity index (χ3n) is 0.362. The number of unbranched alkanes of at least 4 members (excludes halogenated alkanes) is 1. The second-order valence-electron chi connectivity index (χ2n) is 0.908. The molecule has 0 rings (SSSR count). The van der Waals surface area contributed by atoms with Crippen LogP contribution in [0.1, 0.15) is 19.8 Å². The van der Waals surface area contributed by atoms with Crippen molar-refractivity contribution in [1.82, 2.24) is 0 Å². The van der Waals surface area contributed by atoms with Gasteiger partial charge in [0.15, 0.2) is 0 Å². The minimum absolute atomic E-state index is 0.694. The molecule has 0 aliphatic carbocycles. The van der Waals surface area contributed by atoms with Gasteiger partial charge in [-0.1, -0.05) is 6.92 Å². The second-order valence-corrected chi connectivity index (χ2v) is 0.908. The van der Waals surface area contributed by atoms with Gasteiger partial charge in [0.2, 0.25) is 0 Å². The third-order valence-corrected chi connectivity index (χ3v) is 0.362. The summed E-state index contributed by atoms with van der Waals surface area (Å²) in [4.78, 5) is 0. The van der Waals surface area contributed by atoms with Gasteiger partial charge in [-0.05, 0) is 6.42 Å². The summed E-state index contributed by atoms with van der Waals surface area (Å²) in [5.74, 6) is 8.00. The first kappa shape index (κ1) is 9.65. The Labute approximate surface area is 43.9 Å². The zero-order chi connectivity index (χ0) is 6.12. The van der Waals surface area contributed by atoms with Crippen molar-refractivity contribution in [2.24, 2.45) is 11.7 Å². The molecule has 0 saturated heterocycles. The molecule has 0 heterocycles. The Balaban J connectivity index is 0. The first-order chi connectivity index (χ1) is 3.41. The number of hydrazine groups is 1. The fraction of sp³-hybridized carbons (Fsp3) is 0.750. The maximum Gasteiger partial charge on any atom is 0.0621 e. The molecular formula is C4H11N3. The highest BCUT2D eigenvalue weighted by Gasteiger charge is 1.65. The molecule has 3 heteroatoms. The van der Waals surface area contributed by atoms with Gasteiger partial charge >= 0.3 is 0 Å². The van der Waals surface area contributed by atoms with Crippen molar-refractivity contribution < 1.29 is 0 Å². The van der Waals surface area contributed by atoms with Crippen LogP contribution in [0.5, 0.6) is 0 Å². The summed E-state index contributed by atoms with van der Waals surface area (Å²) in [5.41, 5.74) is 0. The van der Waals surface area contributed by atoms with E-state index < -0.39 is 0 Å². The van der Waals surface area contributed by atoms with Crippen LogP contribution in [-0.2, 0) is 0 Å². The average molecular weight is 101 g/mol. The Bertz CT molecular complexity index is 45.4. The minimum Gasteiger partial charge on any atom is -0.274 e. The Hall–Kier alpha value is -0.590. The lowest BCUT2D eigenvalue weighted by Gasteiger charge is -1.65. The maximum absolute atomic E-state index is 7.82. The molecule has 0 bridgehead atoms. The monoisotopic (exact) mass is 101 g/mol. The molecule has 0 aromatic carbocycles. The SMILES string of the molecule is CCCC#N.NN.